The molecule has 0 aromatic carbocycles. The highest BCUT2D eigenvalue weighted by molar-refractivity contribution is 7.23. The van der Waals surface area contributed by atoms with Gasteiger partial charge in [-0.15, -0.1) is 18.5 Å². The van der Waals surface area contributed by atoms with Crippen LogP contribution in [0.4, 0.5) is 0 Å². The van der Waals surface area contributed by atoms with Crippen LogP contribution in [0.5, 0.6) is 0 Å². The summed E-state index contributed by atoms with van der Waals surface area (Å²) in [6, 6.07) is 0. The molecule has 1 aliphatic carbocycles. The molecule has 1 aliphatic rings. The van der Waals surface area contributed by atoms with E-state index in [2.05, 4.69) is 18.5 Å². The Bertz CT molecular complexity index is 55.1. The summed E-state index contributed by atoms with van der Waals surface area (Å²) in [6.07, 6.45) is 4.26. The van der Waals surface area contributed by atoms with Crippen molar-refractivity contribution in [1.82, 2.24) is 0 Å². The lowest BCUT2D eigenvalue weighted by Gasteiger charge is -2.04. The molecule has 0 amide bonds. The first kappa shape index (κ1) is 5.99. The van der Waals surface area contributed by atoms with Gasteiger partial charge >= 0.3 is 0 Å². The third-order valence-corrected chi connectivity index (χ3v) is 3.72. The Morgan fingerprint density at radius 3 is 1.57 bits per heavy atom. The summed E-state index contributed by atoms with van der Waals surface area (Å²) in [5, 5.41) is 0. The van der Waals surface area contributed by atoms with Gasteiger partial charge < -0.3 is 0 Å². The third kappa shape index (κ3) is 1.37. The molecule has 2 unspecified atom stereocenters. The van der Waals surface area contributed by atoms with E-state index in [0.29, 0.717) is 0 Å². The summed E-state index contributed by atoms with van der Waals surface area (Å²) in [5.41, 5.74) is 1.79. The maximum absolute atomic E-state index is 2.89. The van der Waals surface area contributed by atoms with Crippen LogP contribution in [0.3, 0.4) is 0 Å². The maximum atomic E-state index is 2.89. The van der Waals surface area contributed by atoms with E-state index in [9.17, 15) is 0 Å². The van der Waals surface area contributed by atoms with Crippen LogP contribution in [0.25, 0.3) is 0 Å². The van der Waals surface area contributed by atoms with Gasteiger partial charge in [0.2, 0.25) is 0 Å². The van der Waals surface area contributed by atoms with Gasteiger partial charge in [-0.2, -0.15) is 0 Å². The third-order valence-electron chi connectivity index (χ3n) is 1.62. The zero-order valence-corrected chi connectivity index (χ0v) is 6.74. The molecule has 1 rings (SSSR count). The summed E-state index contributed by atoms with van der Waals surface area (Å²) < 4.78 is 0. The minimum Gasteiger partial charge on any atom is -0.134 e. The number of rotatable bonds is 0. The molecule has 0 saturated heterocycles. The second kappa shape index (κ2) is 2.42. The molecule has 0 aromatic rings. The smallest absolute Gasteiger partial charge is 0.0201 e. The fourth-order valence-corrected chi connectivity index (χ4v) is 1.87. The van der Waals surface area contributed by atoms with Gasteiger partial charge in [0.1, 0.15) is 0 Å². The molecule has 4 atom stereocenters. The predicted molar refractivity (Wildman–Crippen MR) is 40.8 cm³/mol. The van der Waals surface area contributed by atoms with E-state index in [1.54, 1.807) is 0 Å². The SMILES string of the molecule is P[C@H]1CCC[C@@H]1P. The van der Waals surface area contributed by atoms with Crippen molar-refractivity contribution < 1.29 is 0 Å². The molecule has 0 bridgehead atoms. The van der Waals surface area contributed by atoms with E-state index in [4.69, 9.17) is 0 Å². The van der Waals surface area contributed by atoms with Gasteiger partial charge in [0.25, 0.3) is 0 Å². The van der Waals surface area contributed by atoms with Gasteiger partial charge in [-0.25, -0.2) is 0 Å². The zero-order valence-electron chi connectivity index (χ0n) is 4.43. The van der Waals surface area contributed by atoms with Gasteiger partial charge in [-0.05, 0) is 24.2 Å². The molecule has 1 saturated carbocycles. The van der Waals surface area contributed by atoms with Crippen molar-refractivity contribution in [3.63, 3.8) is 0 Å². The van der Waals surface area contributed by atoms with Crippen LogP contribution in [0.1, 0.15) is 19.3 Å². The lowest BCUT2D eigenvalue weighted by molar-refractivity contribution is 0.890. The van der Waals surface area contributed by atoms with Crippen LogP contribution in [0.15, 0.2) is 0 Å². The van der Waals surface area contributed by atoms with Crippen LogP contribution in [0, 0.1) is 0 Å². The number of hydrogen-bond acceptors (Lipinski definition) is 0. The van der Waals surface area contributed by atoms with Crippen LogP contribution in [-0.2, 0) is 0 Å². The van der Waals surface area contributed by atoms with Crippen molar-refractivity contribution >= 4 is 18.5 Å². The minimum absolute atomic E-state index is 0.894. The highest BCUT2D eigenvalue weighted by atomic mass is 31.0. The largest absolute Gasteiger partial charge is 0.134 e. The average molecular weight is 134 g/mol. The Morgan fingerprint density at radius 1 is 1.00 bits per heavy atom. The van der Waals surface area contributed by atoms with Crippen molar-refractivity contribution in [3.8, 4) is 0 Å². The Labute approximate surface area is 49.9 Å². The highest BCUT2D eigenvalue weighted by Gasteiger charge is 2.18. The molecule has 0 aliphatic heterocycles. The molecule has 0 N–H and O–H groups in total. The van der Waals surface area contributed by atoms with Crippen molar-refractivity contribution in [2.75, 3.05) is 0 Å². The second-order valence-electron chi connectivity index (χ2n) is 2.26. The molecule has 0 spiro atoms. The molecule has 42 valence electrons. The topological polar surface area (TPSA) is 0 Å². The van der Waals surface area contributed by atoms with Gasteiger partial charge in [0, 0.05) is 0 Å². The molecule has 2 heteroatoms. The van der Waals surface area contributed by atoms with Crippen molar-refractivity contribution in [2.45, 2.75) is 30.6 Å². The van der Waals surface area contributed by atoms with Crippen LogP contribution in [0.2, 0.25) is 0 Å². The Kier molecular flexibility index (Phi) is 2.07. The minimum atomic E-state index is 0.894. The van der Waals surface area contributed by atoms with Crippen molar-refractivity contribution in [2.24, 2.45) is 0 Å². The summed E-state index contributed by atoms with van der Waals surface area (Å²) in [7, 11) is 5.78. The van der Waals surface area contributed by atoms with E-state index >= 15 is 0 Å². The quantitative estimate of drug-likeness (QED) is 0.442. The summed E-state index contributed by atoms with van der Waals surface area (Å²) in [6.45, 7) is 0. The molecule has 0 aromatic heterocycles. The first-order chi connectivity index (χ1) is 3.30. The van der Waals surface area contributed by atoms with E-state index in [-0.39, 0.29) is 0 Å². The average Bonchev–Trinajstić information content (AvgIpc) is 1.91. The molecule has 1 fully saturated rings. The molecule has 0 radical (unpaired) electrons. The van der Waals surface area contributed by atoms with Gasteiger partial charge in [-0.1, -0.05) is 6.42 Å². The van der Waals surface area contributed by atoms with E-state index in [0.717, 1.165) is 11.3 Å². The zero-order chi connectivity index (χ0) is 5.28. The fraction of sp³-hybridized carbons (Fsp3) is 1.00. The van der Waals surface area contributed by atoms with Crippen LogP contribution >= 0.6 is 18.5 Å². The van der Waals surface area contributed by atoms with Crippen molar-refractivity contribution in [1.29, 1.82) is 0 Å². The second-order valence-corrected chi connectivity index (χ2v) is 3.97. The van der Waals surface area contributed by atoms with Gasteiger partial charge in [0.05, 0.1) is 0 Å². The standard InChI is InChI=1S/C5H12P2/c6-4-2-1-3-5(4)7/h4-5H,1-3,6-7H2/t4-,5-/m0/s1. The Morgan fingerprint density at radius 2 is 1.43 bits per heavy atom. The molecule has 7 heavy (non-hydrogen) atoms. The molecular formula is C5H12P2. The maximum Gasteiger partial charge on any atom is -0.0201 e. The normalized spacial score (nSPS) is 42.0. The monoisotopic (exact) mass is 134 g/mol. The van der Waals surface area contributed by atoms with Crippen LogP contribution < -0.4 is 0 Å². The van der Waals surface area contributed by atoms with E-state index in [1.807, 2.05) is 0 Å². The van der Waals surface area contributed by atoms with Crippen LogP contribution in [-0.4, -0.2) is 11.3 Å². The lowest BCUT2D eigenvalue weighted by Crippen LogP contribution is -2.01. The first-order valence-electron chi connectivity index (χ1n) is 2.82. The first-order valence-corrected chi connectivity index (χ1v) is 4.15. The van der Waals surface area contributed by atoms with Gasteiger partial charge in [0.15, 0.2) is 0 Å². The van der Waals surface area contributed by atoms with E-state index in [1.165, 1.54) is 19.3 Å². The Balaban J connectivity index is 2.33. The van der Waals surface area contributed by atoms with Gasteiger partial charge in [-0.3, -0.25) is 0 Å². The molecular weight excluding hydrogens is 122 g/mol. The lowest BCUT2D eigenvalue weighted by atomic mass is 10.4. The Hall–Kier alpha value is 0.860. The summed E-state index contributed by atoms with van der Waals surface area (Å²) in [5.74, 6) is 0. The number of hydrogen-bond donors (Lipinski definition) is 0. The molecule has 0 heterocycles. The summed E-state index contributed by atoms with van der Waals surface area (Å²) in [4.78, 5) is 0. The molecule has 0 nitrogen and oxygen atoms in total. The summed E-state index contributed by atoms with van der Waals surface area (Å²) >= 11 is 0. The van der Waals surface area contributed by atoms with Crippen molar-refractivity contribution in [3.05, 3.63) is 0 Å². The fourth-order valence-electron chi connectivity index (χ4n) is 1.02. The predicted octanol–water partition coefficient (Wildman–Crippen LogP) is 1.66. The van der Waals surface area contributed by atoms with E-state index < -0.39 is 0 Å². The highest BCUT2D eigenvalue weighted by Crippen LogP contribution is 2.31.